The van der Waals surface area contributed by atoms with Gasteiger partial charge in [-0.3, -0.25) is 19.2 Å². The summed E-state index contributed by atoms with van der Waals surface area (Å²) in [6.07, 6.45) is 2.94. The lowest BCUT2D eigenvalue weighted by atomic mass is 9.85. The van der Waals surface area contributed by atoms with Crippen LogP contribution >= 0.6 is 0 Å². The molecule has 0 amide bonds. The highest BCUT2D eigenvalue weighted by molar-refractivity contribution is 5.97. The van der Waals surface area contributed by atoms with Crippen molar-refractivity contribution in [2.24, 2.45) is 10.8 Å². The zero-order valence-electron chi connectivity index (χ0n) is 31.1. The second kappa shape index (κ2) is 26.5. The molecule has 1 aliphatic rings. The molecule has 288 valence electrons. The standard InChI is InChI=1S/C14H18O4.C13H24O5.C10H18O3.CH4/c1-3-13(15)11-5-7-12(8-6-11)14(16)18-10-9-17-4-2;1-5-11(15)17-8-10(14)9-18-12(16)13(4,6-2)7-3;1-4-10(3,5-2)9(11)13-7-8-6-12-8;/h5-8H,3-4,9-10H2,1-2H3;10,14H,5-9H2,1-4H3;8H,4-7H2,1-3H3;1H4. The van der Waals surface area contributed by atoms with Gasteiger partial charge in [-0.2, -0.15) is 0 Å². The molecule has 1 saturated heterocycles. The highest BCUT2D eigenvalue weighted by atomic mass is 16.6. The molecule has 12 nitrogen and oxygen atoms in total. The molecule has 0 aromatic heterocycles. The summed E-state index contributed by atoms with van der Waals surface area (Å²) in [5.74, 6) is -1.13. The minimum Gasteiger partial charge on any atom is -0.463 e. The Morgan fingerprint density at radius 1 is 0.740 bits per heavy atom. The van der Waals surface area contributed by atoms with Crippen molar-refractivity contribution in [1.29, 1.82) is 0 Å². The van der Waals surface area contributed by atoms with E-state index in [1.807, 2.05) is 48.5 Å². The summed E-state index contributed by atoms with van der Waals surface area (Å²) >= 11 is 0. The Morgan fingerprint density at radius 3 is 1.66 bits per heavy atom. The predicted octanol–water partition coefficient (Wildman–Crippen LogP) is 6.53. The summed E-state index contributed by atoms with van der Waals surface area (Å²) in [6, 6.07) is 6.49. The predicted molar refractivity (Wildman–Crippen MR) is 191 cm³/mol. The Morgan fingerprint density at radius 2 is 1.22 bits per heavy atom. The number of rotatable bonds is 20. The van der Waals surface area contributed by atoms with Gasteiger partial charge >= 0.3 is 23.9 Å². The molecular weight excluding hydrogens is 648 g/mol. The third kappa shape index (κ3) is 19.2. The van der Waals surface area contributed by atoms with Gasteiger partial charge in [-0.05, 0) is 58.6 Å². The van der Waals surface area contributed by atoms with E-state index in [-0.39, 0.29) is 68.9 Å². The van der Waals surface area contributed by atoms with Crippen molar-refractivity contribution < 1.29 is 57.5 Å². The molecule has 0 spiro atoms. The Labute approximate surface area is 299 Å². The lowest BCUT2D eigenvalue weighted by Gasteiger charge is -2.24. The van der Waals surface area contributed by atoms with Gasteiger partial charge in [-0.25, -0.2) is 4.79 Å². The summed E-state index contributed by atoms with van der Waals surface area (Å²) in [6.45, 7) is 19.1. The summed E-state index contributed by atoms with van der Waals surface area (Å²) < 4.78 is 30.0. The molecule has 1 N–H and O–H groups in total. The number of hydrogen-bond acceptors (Lipinski definition) is 12. The molecule has 1 fully saturated rings. The zero-order valence-corrected chi connectivity index (χ0v) is 31.1. The molecule has 2 atom stereocenters. The van der Waals surface area contributed by atoms with Crippen molar-refractivity contribution in [2.45, 2.75) is 120 Å². The van der Waals surface area contributed by atoms with Gasteiger partial charge in [0.05, 0.1) is 29.6 Å². The van der Waals surface area contributed by atoms with Crippen LogP contribution in [0.15, 0.2) is 24.3 Å². The molecule has 12 heteroatoms. The molecule has 1 aromatic carbocycles. The van der Waals surface area contributed by atoms with Gasteiger partial charge in [0.15, 0.2) is 5.78 Å². The maximum absolute atomic E-state index is 11.8. The molecular formula is C38H64O12. The molecule has 1 aliphatic heterocycles. The average molecular weight is 713 g/mol. The Kier molecular flexibility index (Phi) is 25.8. The number of aliphatic hydroxyl groups is 1. The van der Waals surface area contributed by atoms with Crippen LogP contribution in [0.4, 0.5) is 0 Å². The van der Waals surface area contributed by atoms with Crippen LogP contribution in [0, 0.1) is 10.8 Å². The van der Waals surface area contributed by atoms with Gasteiger partial charge in [0, 0.05) is 25.0 Å². The number of carbonyl (C=O) groups excluding carboxylic acids is 5. The highest BCUT2D eigenvalue weighted by Gasteiger charge is 2.33. The molecule has 0 radical (unpaired) electrons. The number of epoxide rings is 1. The van der Waals surface area contributed by atoms with E-state index in [1.54, 1.807) is 38.1 Å². The molecule has 0 bridgehead atoms. The number of ketones is 1. The molecule has 1 heterocycles. The van der Waals surface area contributed by atoms with E-state index in [4.69, 9.17) is 28.4 Å². The van der Waals surface area contributed by atoms with Crippen LogP contribution in [-0.2, 0) is 42.8 Å². The Bertz CT molecular complexity index is 1120. The van der Waals surface area contributed by atoms with E-state index in [0.29, 0.717) is 50.2 Å². The Hall–Kier alpha value is -3.35. The van der Waals surface area contributed by atoms with E-state index in [1.165, 1.54) is 0 Å². The molecule has 2 unspecified atom stereocenters. The van der Waals surface area contributed by atoms with Crippen molar-refractivity contribution >= 4 is 29.7 Å². The number of hydrogen-bond donors (Lipinski definition) is 1. The number of benzene rings is 1. The Balaban J connectivity index is 0. The lowest BCUT2D eigenvalue weighted by molar-refractivity contribution is -0.161. The third-order valence-corrected chi connectivity index (χ3v) is 8.47. The maximum atomic E-state index is 11.8. The first-order valence-electron chi connectivity index (χ1n) is 17.4. The van der Waals surface area contributed by atoms with E-state index in [0.717, 1.165) is 19.4 Å². The number of aliphatic hydroxyl groups excluding tert-OH is 1. The van der Waals surface area contributed by atoms with Crippen LogP contribution in [0.5, 0.6) is 0 Å². The monoisotopic (exact) mass is 712 g/mol. The number of carbonyl (C=O) groups is 5. The van der Waals surface area contributed by atoms with Crippen molar-refractivity contribution in [3.05, 3.63) is 35.4 Å². The quantitative estimate of drug-likeness (QED) is 0.0512. The van der Waals surface area contributed by atoms with Gasteiger partial charge in [0.2, 0.25) is 0 Å². The van der Waals surface area contributed by atoms with E-state index in [2.05, 4.69) is 0 Å². The summed E-state index contributed by atoms with van der Waals surface area (Å²) in [4.78, 5) is 57.2. The van der Waals surface area contributed by atoms with Gasteiger partial charge in [0.25, 0.3) is 0 Å². The van der Waals surface area contributed by atoms with Crippen LogP contribution in [0.1, 0.15) is 129 Å². The largest absolute Gasteiger partial charge is 0.463 e. The van der Waals surface area contributed by atoms with Crippen LogP contribution in [0.3, 0.4) is 0 Å². The van der Waals surface area contributed by atoms with Crippen molar-refractivity contribution in [3.63, 3.8) is 0 Å². The minimum atomic E-state index is -0.970. The SMILES string of the molecule is C.CCC(=O)OCC(O)COC(=O)C(C)(CC)CC.CCC(C)(CC)C(=O)OCC1CO1.CCOCCOC(=O)c1ccc(C(=O)CC)cc1. The van der Waals surface area contributed by atoms with Gasteiger partial charge < -0.3 is 33.5 Å². The van der Waals surface area contributed by atoms with Crippen molar-refractivity contribution in [1.82, 2.24) is 0 Å². The number of esters is 4. The number of Topliss-reactive ketones (excluding diaryl/α,β-unsaturated/α-hetero) is 1. The molecule has 0 saturated carbocycles. The fourth-order valence-electron chi connectivity index (χ4n) is 3.69. The van der Waals surface area contributed by atoms with Crippen LogP contribution in [0.2, 0.25) is 0 Å². The van der Waals surface area contributed by atoms with Gasteiger partial charge in [-0.15, -0.1) is 0 Å². The molecule has 2 rings (SSSR count). The minimum absolute atomic E-state index is 0. The molecule has 50 heavy (non-hydrogen) atoms. The topological polar surface area (TPSA) is 164 Å². The second-order valence-corrected chi connectivity index (χ2v) is 12.1. The first-order chi connectivity index (χ1) is 23.2. The smallest absolute Gasteiger partial charge is 0.338 e. The first kappa shape index (κ1) is 48.8. The summed E-state index contributed by atoms with van der Waals surface area (Å²) in [7, 11) is 0. The van der Waals surface area contributed by atoms with E-state index in [9.17, 15) is 29.1 Å². The van der Waals surface area contributed by atoms with Crippen molar-refractivity contribution in [2.75, 3.05) is 46.2 Å². The summed E-state index contributed by atoms with van der Waals surface area (Å²) in [5, 5.41) is 9.50. The normalized spacial score (nSPS) is 13.8. The van der Waals surface area contributed by atoms with Crippen LogP contribution in [-0.4, -0.2) is 93.2 Å². The van der Waals surface area contributed by atoms with Gasteiger partial charge in [0.1, 0.15) is 38.6 Å². The van der Waals surface area contributed by atoms with Gasteiger partial charge in [-0.1, -0.05) is 61.1 Å². The number of ether oxygens (including phenoxy) is 6. The highest BCUT2D eigenvalue weighted by Crippen LogP contribution is 2.28. The fraction of sp³-hybridized carbons (Fsp3) is 0.711. The third-order valence-electron chi connectivity index (χ3n) is 8.47. The summed E-state index contributed by atoms with van der Waals surface area (Å²) in [5.41, 5.74) is 0.233. The second-order valence-electron chi connectivity index (χ2n) is 12.1. The van der Waals surface area contributed by atoms with E-state index >= 15 is 0 Å². The fourth-order valence-corrected chi connectivity index (χ4v) is 3.69. The van der Waals surface area contributed by atoms with E-state index < -0.39 is 17.5 Å². The molecule has 0 aliphatic carbocycles. The van der Waals surface area contributed by atoms with Crippen LogP contribution < -0.4 is 0 Å². The molecule has 1 aromatic rings. The van der Waals surface area contributed by atoms with Crippen molar-refractivity contribution in [3.8, 4) is 0 Å². The van der Waals surface area contributed by atoms with Crippen LogP contribution in [0.25, 0.3) is 0 Å². The first-order valence-corrected chi connectivity index (χ1v) is 17.4. The lowest BCUT2D eigenvalue weighted by Crippen LogP contribution is -2.32. The maximum Gasteiger partial charge on any atom is 0.338 e. The average Bonchev–Trinajstić information content (AvgIpc) is 3.97. The zero-order chi connectivity index (χ0) is 37.5.